The summed E-state index contributed by atoms with van der Waals surface area (Å²) in [6.45, 7) is 8.70. The lowest BCUT2D eigenvalue weighted by atomic mass is 9.99. The van der Waals surface area contributed by atoms with Crippen molar-refractivity contribution < 1.29 is 9.59 Å². The highest BCUT2D eigenvalue weighted by atomic mass is 16.2. The summed E-state index contributed by atoms with van der Waals surface area (Å²) >= 11 is 0. The van der Waals surface area contributed by atoms with E-state index >= 15 is 0 Å². The van der Waals surface area contributed by atoms with Gasteiger partial charge in [-0.1, -0.05) is 27.7 Å². The molecule has 1 aliphatic heterocycles. The molecule has 2 amide bonds. The maximum Gasteiger partial charge on any atom is 0.229 e. The predicted octanol–water partition coefficient (Wildman–Crippen LogP) is 3.61. The molecular weight excluding hydrogens is 276 g/mol. The number of hydrogen-bond donors (Lipinski definition) is 1. The molecule has 0 saturated carbocycles. The molecule has 22 heavy (non-hydrogen) atoms. The molecule has 0 spiro atoms. The molecule has 0 aliphatic carbocycles. The smallest absolute Gasteiger partial charge is 0.229 e. The van der Waals surface area contributed by atoms with Crippen LogP contribution >= 0.6 is 0 Å². The molecule has 1 aromatic rings. The van der Waals surface area contributed by atoms with E-state index < -0.39 is 0 Å². The maximum atomic E-state index is 12.3. The van der Waals surface area contributed by atoms with Gasteiger partial charge in [0, 0.05) is 30.3 Å². The molecule has 0 fully saturated rings. The number of fused-ring (bicyclic) bond motifs is 1. The fourth-order valence-corrected chi connectivity index (χ4v) is 2.80. The second-order valence-corrected chi connectivity index (χ2v) is 6.74. The van der Waals surface area contributed by atoms with Gasteiger partial charge in [0.2, 0.25) is 11.8 Å². The Kier molecular flexibility index (Phi) is 5.22. The van der Waals surface area contributed by atoms with E-state index in [1.807, 2.05) is 50.8 Å². The molecule has 0 aromatic heterocycles. The number of carbonyl (C=O) groups is 2. The van der Waals surface area contributed by atoms with Gasteiger partial charge in [-0.15, -0.1) is 0 Å². The van der Waals surface area contributed by atoms with E-state index in [9.17, 15) is 9.59 Å². The molecule has 0 unspecified atom stereocenters. The third-order valence-corrected chi connectivity index (χ3v) is 3.84. The molecule has 1 aromatic carbocycles. The SMILES string of the molecule is CC(C)CC(=O)Nc1ccc2c(c1)CCCN2C(=O)C(C)C. The topological polar surface area (TPSA) is 49.4 Å². The molecule has 2 rings (SSSR count). The summed E-state index contributed by atoms with van der Waals surface area (Å²) in [5.74, 6) is 0.548. The van der Waals surface area contributed by atoms with Gasteiger partial charge in [0.05, 0.1) is 0 Å². The van der Waals surface area contributed by atoms with E-state index in [1.54, 1.807) is 0 Å². The molecule has 1 aliphatic rings. The van der Waals surface area contributed by atoms with E-state index in [4.69, 9.17) is 0 Å². The molecule has 0 atom stereocenters. The summed E-state index contributed by atoms with van der Waals surface area (Å²) in [6, 6.07) is 5.86. The van der Waals surface area contributed by atoms with Crippen molar-refractivity contribution in [1.82, 2.24) is 0 Å². The predicted molar refractivity (Wildman–Crippen MR) is 90.0 cm³/mol. The van der Waals surface area contributed by atoms with Crippen LogP contribution in [-0.4, -0.2) is 18.4 Å². The second kappa shape index (κ2) is 6.95. The van der Waals surface area contributed by atoms with E-state index in [1.165, 1.54) is 0 Å². The van der Waals surface area contributed by atoms with E-state index in [0.29, 0.717) is 12.3 Å². The number of aryl methyl sites for hydroxylation is 1. The van der Waals surface area contributed by atoms with E-state index in [-0.39, 0.29) is 17.7 Å². The van der Waals surface area contributed by atoms with Crippen LogP contribution in [0.15, 0.2) is 18.2 Å². The Morgan fingerprint density at radius 3 is 2.59 bits per heavy atom. The van der Waals surface area contributed by atoms with Crippen molar-refractivity contribution in [2.45, 2.75) is 47.0 Å². The van der Waals surface area contributed by atoms with Gasteiger partial charge in [-0.05, 0) is 42.5 Å². The molecule has 0 radical (unpaired) electrons. The molecule has 4 heteroatoms. The van der Waals surface area contributed by atoms with Crippen LogP contribution in [0.4, 0.5) is 11.4 Å². The molecule has 0 saturated heterocycles. The summed E-state index contributed by atoms with van der Waals surface area (Å²) in [5.41, 5.74) is 2.96. The Bertz CT molecular complexity index is 564. The van der Waals surface area contributed by atoms with Gasteiger partial charge >= 0.3 is 0 Å². The third kappa shape index (κ3) is 3.87. The highest BCUT2D eigenvalue weighted by molar-refractivity contribution is 5.97. The number of hydrogen-bond acceptors (Lipinski definition) is 2. The van der Waals surface area contributed by atoms with E-state index in [0.717, 1.165) is 36.3 Å². The van der Waals surface area contributed by atoms with Crippen molar-refractivity contribution in [2.75, 3.05) is 16.8 Å². The van der Waals surface area contributed by atoms with Crippen molar-refractivity contribution in [3.63, 3.8) is 0 Å². The summed E-state index contributed by atoms with van der Waals surface area (Å²) in [6.07, 6.45) is 2.44. The minimum Gasteiger partial charge on any atom is -0.326 e. The van der Waals surface area contributed by atoms with Gasteiger partial charge in [-0.25, -0.2) is 0 Å². The van der Waals surface area contributed by atoms with Gasteiger partial charge in [-0.2, -0.15) is 0 Å². The molecule has 120 valence electrons. The first-order valence-corrected chi connectivity index (χ1v) is 8.12. The molecule has 1 N–H and O–H groups in total. The summed E-state index contributed by atoms with van der Waals surface area (Å²) in [4.78, 5) is 26.1. The lowest BCUT2D eigenvalue weighted by Crippen LogP contribution is -2.38. The Hall–Kier alpha value is -1.84. The third-order valence-electron chi connectivity index (χ3n) is 3.84. The molecule has 0 bridgehead atoms. The number of carbonyl (C=O) groups excluding carboxylic acids is 2. The maximum absolute atomic E-state index is 12.3. The molecule has 4 nitrogen and oxygen atoms in total. The van der Waals surface area contributed by atoms with Crippen LogP contribution in [0.5, 0.6) is 0 Å². The van der Waals surface area contributed by atoms with Gasteiger partial charge in [-0.3, -0.25) is 9.59 Å². The fraction of sp³-hybridized carbons (Fsp3) is 0.556. The van der Waals surface area contributed by atoms with Gasteiger partial charge in [0.25, 0.3) is 0 Å². The summed E-state index contributed by atoms with van der Waals surface area (Å²) in [5, 5.41) is 2.95. The first kappa shape index (κ1) is 16.5. The number of nitrogens with one attached hydrogen (secondary N) is 1. The zero-order valence-corrected chi connectivity index (χ0v) is 14.0. The van der Waals surface area contributed by atoms with Crippen molar-refractivity contribution >= 4 is 23.2 Å². The summed E-state index contributed by atoms with van der Waals surface area (Å²) < 4.78 is 0. The highest BCUT2D eigenvalue weighted by Gasteiger charge is 2.24. The van der Waals surface area contributed by atoms with Crippen LogP contribution in [0.3, 0.4) is 0 Å². The number of benzene rings is 1. The normalized spacial score (nSPS) is 14.2. The van der Waals surface area contributed by atoms with Crippen molar-refractivity contribution in [2.24, 2.45) is 11.8 Å². The van der Waals surface area contributed by atoms with E-state index in [2.05, 4.69) is 5.32 Å². The van der Waals surface area contributed by atoms with Crippen molar-refractivity contribution in [3.8, 4) is 0 Å². The lowest BCUT2D eigenvalue weighted by molar-refractivity contribution is -0.121. The van der Waals surface area contributed by atoms with Crippen LogP contribution in [-0.2, 0) is 16.0 Å². The van der Waals surface area contributed by atoms with Crippen LogP contribution in [0.2, 0.25) is 0 Å². The minimum atomic E-state index is -0.00336. The van der Waals surface area contributed by atoms with Crippen molar-refractivity contribution in [1.29, 1.82) is 0 Å². The van der Waals surface area contributed by atoms with Crippen molar-refractivity contribution in [3.05, 3.63) is 23.8 Å². The second-order valence-electron chi connectivity index (χ2n) is 6.74. The lowest BCUT2D eigenvalue weighted by Gasteiger charge is -2.31. The summed E-state index contributed by atoms with van der Waals surface area (Å²) in [7, 11) is 0. The van der Waals surface area contributed by atoms with Crippen LogP contribution in [0.25, 0.3) is 0 Å². The van der Waals surface area contributed by atoms with Gasteiger partial charge in [0.1, 0.15) is 0 Å². The van der Waals surface area contributed by atoms with Gasteiger partial charge in [0.15, 0.2) is 0 Å². The monoisotopic (exact) mass is 302 g/mol. The Morgan fingerprint density at radius 2 is 1.95 bits per heavy atom. The quantitative estimate of drug-likeness (QED) is 0.923. The fourth-order valence-electron chi connectivity index (χ4n) is 2.80. The Labute approximate surface area is 132 Å². The van der Waals surface area contributed by atoms with Crippen LogP contribution in [0.1, 0.15) is 46.1 Å². The number of amides is 2. The highest BCUT2D eigenvalue weighted by Crippen LogP contribution is 2.30. The van der Waals surface area contributed by atoms with Crippen LogP contribution in [0, 0.1) is 11.8 Å². The largest absolute Gasteiger partial charge is 0.326 e. The number of nitrogens with zero attached hydrogens (tertiary/aromatic N) is 1. The number of rotatable bonds is 4. The van der Waals surface area contributed by atoms with Crippen LogP contribution < -0.4 is 10.2 Å². The number of anilines is 2. The standard InChI is InChI=1S/C18H26N2O2/c1-12(2)10-17(21)19-15-7-8-16-14(11-15)6-5-9-20(16)18(22)13(3)4/h7-8,11-13H,5-6,9-10H2,1-4H3,(H,19,21). The first-order chi connectivity index (χ1) is 10.4. The Morgan fingerprint density at radius 1 is 1.23 bits per heavy atom. The zero-order chi connectivity index (χ0) is 16.3. The molecule has 1 heterocycles. The Balaban J connectivity index is 2.17. The first-order valence-electron chi connectivity index (χ1n) is 8.12. The zero-order valence-electron chi connectivity index (χ0n) is 14.0. The average molecular weight is 302 g/mol. The average Bonchev–Trinajstić information content (AvgIpc) is 2.44. The van der Waals surface area contributed by atoms with Gasteiger partial charge < -0.3 is 10.2 Å². The molecular formula is C18H26N2O2. The minimum absolute atomic E-state index is 0.00336.